The van der Waals surface area contributed by atoms with E-state index in [1.165, 1.54) is 21.5 Å². The number of hydrogen-bond donors (Lipinski definition) is 2. The van der Waals surface area contributed by atoms with Crippen molar-refractivity contribution in [1.82, 2.24) is 19.7 Å². The van der Waals surface area contributed by atoms with E-state index in [9.17, 15) is 5.11 Å². The van der Waals surface area contributed by atoms with Crippen molar-refractivity contribution in [1.29, 1.82) is 0 Å². The van der Waals surface area contributed by atoms with E-state index in [2.05, 4.69) is 71.7 Å². The van der Waals surface area contributed by atoms with Crippen molar-refractivity contribution in [2.24, 2.45) is 0 Å². The second-order valence-corrected chi connectivity index (χ2v) is 9.74. The highest BCUT2D eigenvalue weighted by molar-refractivity contribution is 6.24. The summed E-state index contributed by atoms with van der Waals surface area (Å²) in [5.41, 5.74) is 6.45. The fourth-order valence-electron chi connectivity index (χ4n) is 5.71. The van der Waals surface area contributed by atoms with Gasteiger partial charge in [-0.05, 0) is 53.2 Å². The summed E-state index contributed by atoms with van der Waals surface area (Å²) in [4.78, 5) is 8.61. The van der Waals surface area contributed by atoms with Crippen molar-refractivity contribution >= 4 is 43.5 Å². The maximum absolute atomic E-state index is 10.4. The minimum atomic E-state index is 0.200. The Balaban J connectivity index is 1.42. The van der Waals surface area contributed by atoms with E-state index < -0.39 is 0 Å². The van der Waals surface area contributed by atoms with Crippen LogP contribution in [0.1, 0.15) is 0 Å². The first-order valence-electron chi connectivity index (χ1n) is 12.9. The van der Waals surface area contributed by atoms with Crippen LogP contribution in [0.5, 0.6) is 5.75 Å². The van der Waals surface area contributed by atoms with Gasteiger partial charge in [-0.1, -0.05) is 78.9 Å². The molecule has 0 amide bonds. The van der Waals surface area contributed by atoms with Crippen LogP contribution < -0.4 is 0 Å². The molecule has 5 nitrogen and oxygen atoms in total. The number of phenolic OH excluding ortho intramolecular Hbond substituents is 1. The molecule has 5 heteroatoms. The number of aromatic hydroxyl groups is 1. The van der Waals surface area contributed by atoms with Crippen LogP contribution in [-0.4, -0.2) is 24.9 Å². The molecule has 3 heterocycles. The molecule has 0 bridgehead atoms. The highest BCUT2D eigenvalue weighted by Crippen LogP contribution is 2.41. The van der Waals surface area contributed by atoms with Gasteiger partial charge < -0.3 is 10.1 Å². The molecule has 0 saturated carbocycles. The molecule has 0 aliphatic heterocycles. The molecule has 0 radical (unpaired) electrons. The standard InChI is InChI=1S/C34H22N4O/c39-30-18-8-5-12-23(30)27-16-9-19-31(35-27)38-29-17-7-4-14-25(29)33(37-38)26-20-21-10-1-2-11-22(21)32-24-13-3-6-15-28(24)36-34(26)32/h1-20,36,39H. The maximum atomic E-state index is 10.4. The molecule has 0 aliphatic rings. The van der Waals surface area contributed by atoms with Gasteiger partial charge in [-0.3, -0.25) is 0 Å². The SMILES string of the molecule is Oc1ccccc1-c1cccc(-n2nc(-c3cc4ccccc4c4c3[nH]c3ccccc34)c3ccccc32)n1. The van der Waals surface area contributed by atoms with Gasteiger partial charge in [0.05, 0.1) is 16.7 Å². The van der Waals surface area contributed by atoms with Crippen molar-refractivity contribution in [3.8, 4) is 34.1 Å². The summed E-state index contributed by atoms with van der Waals surface area (Å²) in [6.07, 6.45) is 0. The van der Waals surface area contributed by atoms with E-state index >= 15 is 0 Å². The van der Waals surface area contributed by atoms with Crippen LogP contribution in [-0.2, 0) is 0 Å². The van der Waals surface area contributed by atoms with E-state index in [0.717, 1.165) is 33.2 Å². The van der Waals surface area contributed by atoms with Crippen molar-refractivity contribution < 1.29 is 5.11 Å². The Bertz CT molecular complexity index is 2210. The number of nitrogens with one attached hydrogen (secondary N) is 1. The Morgan fingerprint density at radius 3 is 2.28 bits per heavy atom. The second-order valence-electron chi connectivity index (χ2n) is 9.74. The van der Waals surface area contributed by atoms with Gasteiger partial charge in [0.15, 0.2) is 5.82 Å². The minimum Gasteiger partial charge on any atom is -0.507 e. The predicted octanol–water partition coefficient (Wildman–Crippen LogP) is 8.25. The molecule has 3 aromatic heterocycles. The normalized spacial score (nSPS) is 11.7. The first-order chi connectivity index (χ1) is 19.3. The molecular formula is C34H22N4O. The molecule has 0 saturated heterocycles. The quantitative estimate of drug-likeness (QED) is 0.256. The van der Waals surface area contributed by atoms with Gasteiger partial charge >= 0.3 is 0 Å². The molecule has 2 N–H and O–H groups in total. The average molecular weight is 503 g/mol. The number of nitrogens with zero attached hydrogens (tertiary/aromatic N) is 3. The number of hydrogen-bond acceptors (Lipinski definition) is 3. The third kappa shape index (κ3) is 3.27. The number of aromatic nitrogens is 4. The minimum absolute atomic E-state index is 0.200. The third-order valence-electron chi connectivity index (χ3n) is 7.48. The molecule has 5 aromatic carbocycles. The van der Waals surface area contributed by atoms with Crippen LogP contribution in [0.4, 0.5) is 0 Å². The topological polar surface area (TPSA) is 66.7 Å². The van der Waals surface area contributed by atoms with E-state index in [1.54, 1.807) is 6.07 Å². The number of aromatic amines is 1. The summed E-state index contributed by atoms with van der Waals surface area (Å²) in [7, 11) is 0. The van der Waals surface area contributed by atoms with Crippen molar-refractivity contribution in [2.45, 2.75) is 0 Å². The Morgan fingerprint density at radius 2 is 1.38 bits per heavy atom. The first-order valence-corrected chi connectivity index (χ1v) is 12.9. The largest absolute Gasteiger partial charge is 0.507 e. The zero-order valence-corrected chi connectivity index (χ0v) is 20.8. The number of phenols is 1. The molecule has 0 unspecified atom stereocenters. The van der Waals surface area contributed by atoms with Gasteiger partial charge in [0, 0.05) is 32.8 Å². The van der Waals surface area contributed by atoms with Gasteiger partial charge in [0.1, 0.15) is 11.4 Å². The molecule has 0 spiro atoms. The molecule has 0 fully saturated rings. The highest BCUT2D eigenvalue weighted by Gasteiger charge is 2.20. The number of fused-ring (bicyclic) bond motifs is 6. The number of pyridine rings is 1. The van der Waals surface area contributed by atoms with E-state index in [-0.39, 0.29) is 5.75 Å². The van der Waals surface area contributed by atoms with Crippen LogP contribution in [0.3, 0.4) is 0 Å². The van der Waals surface area contributed by atoms with Gasteiger partial charge in [0.25, 0.3) is 0 Å². The molecule has 0 atom stereocenters. The van der Waals surface area contributed by atoms with Crippen LogP contribution in [0.2, 0.25) is 0 Å². The van der Waals surface area contributed by atoms with Gasteiger partial charge in [-0.2, -0.15) is 5.10 Å². The molecule has 8 aromatic rings. The lowest BCUT2D eigenvalue weighted by molar-refractivity contribution is 0.477. The summed E-state index contributed by atoms with van der Waals surface area (Å²) >= 11 is 0. The van der Waals surface area contributed by atoms with Crippen LogP contribution in [0.25, 0.3) is 71.8 Å². The van der Waals surface area contributed by atoms with Crippen molar-refractivity contribution in [3.05, 3.63) is 121 Å². The lowest BCUT2D eigenvalue weighted by Crippen LogP contribution is -2.00. The lowest BCUT2D eigenvalue weighted by Gasteiger charge is -2.08. The van der Waals surface area contributed by atoms with Gasteiger partial charge in [-0.25, -0.2) is 9.67 Å². The first kappa shape index (κ1) is 21.6. The van der Waals surface area contributed by atoms with E-state index in [0.29, 0.717) is 17.1 Å². The molecule has 8 rings (SSSR count). The Morgan fingerprint density at radius 1 is 0.641 bits per heavy atom. The highest BCUT2D eigenvalue weighted by atomic mass is 16.3. The fourth-order valence-corrected chi connectivity index (χ4v) is 5.71. The van der Waals surface area contributed by atoms with E-state index in [4.69, 9.17) is 10.1 Å². The Hall–Kier alpha value is -5.42. The molecule has 0 aliphatic carbocycles. The average Bonchev–Trinajstić information content (AvgIpc) is 3.57. The van der Waals surface area contributed by atoms with Crippen LogP contribution >= 0.6 is 0 Å². The number of rotatable bonds is 3. The zero-order valence-electron chi connectivity index (χ0n) is 20.8. The summed E-state index contributed by atoms with van der Waals surface area (Å²) in [6, 6.07) is 40.5. The number of para-hydroxylation sites is 3. The summed E-state index contributed by atoms with van der Waals surface area (Å²) in [5, 5.41) is 21.5. The monoisotopic (exact) mass is 502 g/mol. The fraction of sp³-hybridized carbons (Fsp3) is 0. The van der Waals surface area contributed by atoms with Crippen molar-refractivity contribution in [3.63, 3.8) is 0 Å². The maximum Gasteiger partial charge on any atom is 0.154 e. The Kier molecular flexibility index (Phi) is 4.60. The van der Waals surface area contributed by atoms with Gasteiger partial charge in [0.2, 0.25) is 0 Å². The lowest BCUT2D eigenvalue weighted by atomic mass is 9.97. The number of H-pyrrole nitrogens is 1. The molecule has 184 valence electrons. The predicted molar refractivity (Wildman–Crippen MR) is 158 cm³/mol. The second kappa shape index (κ2) is 8.30. The van der Waals surface area contributed by atoms with Crippen LogP contribution in [0, 0.1) is 0 Å². The third-order valence-corrected chi connectivity index (χ3v) is 7.48. The smallest absolute Gasteiger partial charge is 0.154 e. The summed E-state index contributed by atoms with van der Waals surface area (Å²) in [6.45, 7) is 0. The Labute approximate surface area is 223 Å². The summed E-state index contributed by atoms with van der Waals surface area (Å²) < 4.78 is 1.90. The zero-order chi connectivity index (χ0) is 25.9. The molecule has 39 heavy (non-hydrogen) atoms. The molecular weight excluding hydrogens is 480 g/mol. The van der Waals surface area contributed by atoms with Crippen molar-refractivity contribution in [2.75, 3.05) is 0 Å². The van der Waals surface area contributed by atoms with E-state index in [1.807, 2.05) is 53.2 Å². The van der Waals surface area contributed by atoms with Gasteiger partial charge in [-0.15, -0.1) is 0 Å². The van der Waals surface area contributed by atoms with Crippen LogP contribution in [0.15, 0.2) is 121 Å². The number of benzene rings is 5. The summed E-state index contributed by atoms with van der Waals surface area (Å²) in [5.74, 6) is 0.886.